The van der Waals surface area contributed by atoms with Gasteiger partial charge in [-0.2, -0.15) is 0 Å². The second-order valence-corrected chi connectivity index (χ2v) is 5.97. The minimum atomic E-state index is -0.178. The quantitative estimate of drug-likeness (QED) is 0.789. The average molecular weight is 328 g/mol. The maximum atomic E-state index is 11.4. The Labute approximate surface area is 140 Å². The molecule has 3 rings (SSSR count). The predicted octanol–water partition coefficient (Wildman–Crippen LogP) is 3.94. The Kier molecular flexibility index (Phi) is 4.35. The molecule has 0 saturated heterocycles. The summed E-state index contributed by atoms with van der Waals surface area (Å²) < 4.78 is 2.11. The second-order valence-electron chi connectivity index (χ2n) is 5.56. The van der Waals surface area contributed by atoms with Gasteiger partial charge in [0.15, 0.2) is 0 Å². The fourth-order valence-electron chi connectivity index (χ4n) is 2.76. The highest BCUT2D eigenvalue weighted by Gasteiger charge is 2.18. The van der Waals surface area contributed by atoms with Crippen molar-refractivity contribution in [2.45, 2.75) is 26.4 Å². The number of benzene rings is 2. The van der Waals surface area contributed by atoms with Crippen molar-refractivity contribution >= 4 is 28.5 Å². The third-order valence-corrected chi connectivity index (χ3v) is 4.15. The summed E-state index contributed by atoms with van der Waals surface area (Å²) in [7, 11) is 0. The van der Waals surface area contributed by atoms with Crippen LogP contribution >= 0.6 is 11.6 Å². The fourth-order valence-corrected chi connectivity index (χ4v) is 2.95. The Balaban J connectivity index is 2.09. The number of amides is 1. The maximum Gasteiger partial charge on any atom is 0.217 e. The van der Waals surface area contributed by atoms with Crippen LogP contribution in [0.15, 0.2) is 48.5 Å². The molecular formula is C18H18ClN3O. The summed E-state index contributed by atoms with van der Waals surface area (Å²) in [5, 5.41) is 3.63. The Morgan fingerprint density at radius 2 is 1.91 bits per heavy atom. The van der Waals surface area contributed by atoms with Crippen molar-refractivity contribution in [3.05, 3.63) is 64.9 Å². The number of aromatic nitrogens is 2. The van der Waals surface area contributed by atoms with E-state index in [1.54, 1.807) is 0 Å². The number of hydrogen-bond donors (Lipinski definition) is 1. The van der Waals surface area contributed by atoms with Gasteiger partial charge in [-0.25, -0.2) is 4.98 Å². The summed E-state index contributed by atoms with van der Waals surface area (Å²) >= 11 is 6.31. The molecule has 0 aliphatic carbocycles. The summed E-state index contributed by atoms with van der Waals surface area (Å²) in [4.78, 5) is 16.1. The number of hydrogen-bond acceptors (Lipinski definition) is 2. The Morgan fingerprint density at radius 1 is 1.22 bits per heavy atom. The number of halogens is 1. The predicted molar refractivity (Wildman–Crippen MR) is 92.5 cm³/mol. The van der Waals surface area contributed by atoms with Gasteiger partial charge in [-0.3, -0.25) is 4.79 Å². The summed E-state index contributed by atoms with van der Waals surface area (Å²) in [6.45, 7) is 4.06. The fraction of sp³-hybridized carbons (Fsp3) is 0.222. The average Bonchev–Trinajstić information content (AvgIpc) is 2.88. The molecule has 23 heavy (non-hydrogen) atoms. The number of nitrogens with one attached hydrogen (secondary N) is 1. The summed E-state index contributed by atoms with van der Waals surface area (Å²) in [5.74, 6) is 0.746. The minimum Gasteiger partial charge on any atom is -0.347 e. The Hall–Kier alpha value is -2.33. The number of nitrogens with zero attached hydrogens (tertiary/aromatic N) is 2. The van der Waals surface area contributed by atoms with Crippen LogP contribution in [-0.4, -0.2) is 15.5 Å². The van der Waals surface area contributed by atoms with E-state index in [1.807, 2.05) is 55.5 Å². The zero-order chi connectivity index (χ0) is 16.4. The van der Waals surface area contributed by atoms with E-state index >= 15 is 0 Å². The summed E-state index contributed by atoms with van der Waals surface area (Å²) in [6, 6.07) is 15.5. The van der Waals surface area contributed by atoms with E-state index in [1.165, 1.54) is 6.92 Å². The SMILES string of the molecule is CC(=O)N[C@@H](C)c1nc2ccccc2n1Cc1ccccc1Cl. The smallest absolute Gasteiger partial charge is 0.217 e. The van der Waals surface area contributed by atoms with Crippen LogP contribution in [0.2, 0.25) is 5.02 Å². The Morgan fingerprint density at radius 3 is 2.65 bits per heavy atom. The molecule has 0 spiro atoms. The highest BCUT2D eigenvalue weighted by Crippen LogP contribution is 2.24. The van der Waals surface area contributed by atoms with Crippen molar-refractivity contribution in [3.63, 3.8) is 0 Å². The molecule has 1 N–H and O–H groups in total. The zero-order valence-corrected chi connectivity index (χ0v) is 13.8. The molecule has 5 heteroatoms. The third-order valence-electron chi connectivity index (χ3n) is 3.78. The van der Waals surface area contributed by atoms with Gasteiger partial charge < -0.3 is 9.88 Å². The van der Waals surface area contributed by atoms with Crippen molar-refractivity contribution in [2.75, 3.05) is 0 Å². The number of para-hydroxylation sites is 2. The Bertz CT molecular complexity index is 856. The lowest BCUT2D eigenvalue weighted by Gasteiger charge is -2.16. The molecule has 1 aromatic heterocycles. The van der Waals surface area contributed by atoms with Crippen LogP contribution in [-0.2, 0) is 11.3 Å². The molecule has 2 aromatic carbocycles. The van der Waals surface area contributed by atoms with Gasteiger partial charge in [0.05, 0.1) is 23.6 Å². The van der Waals surface area contributed by atoms with E-state index in [2.05, 4.69) is 9.88 Å². The summed E-state index contributed by atoms with van der Waals surface area (Å²) in [6.07, 6.45) is 0. The van der Waals surface area contributed by atoms with Gasteiger partial charge >= 0.3 is 0 Å². The molecule has 1 heterocycles. The van der Waals surface area contributed by atoms with Crippen LogP contribution in [0.1, 0.15) is 31.3 Å². The van der Waals surface area contributed by atoms with Gasteiger partial charge in [0.2, 0.25) is 5.91 Å². The van der Waals surface area contributed by atoms with E-state index < -0.39 is 0 Å². The highest BCUT2D eigenvalue weighted by molar-refractivity contribution is 6.31. The molecule has 1 amide bonds. The van der Waals surface area contributed by atoms with Gasteiger partial charge in [-0.1, -0.05) is 41.9 Å². The second kappa shape index (κ2) is 6.42. The van der Waals surface area contributed by atoms with Gasteiger partial charge in [-0.15, -0.1) is 0 Å². The van der Waals surface area contributed by atoms with Crippen molar-refractivity contribution in [1.82, 2.24) is 14.9 Å². The molecule has 0 aliphatic rings. The van der Waals surface area contributed by atoms with Crippen molar-refractivity contribution in [1.29, 1.82) is 0 Å². The minimum absolute atomic E-state index is 0.0751. The lowest BCUT2D eigenvalue weighted by molar-refractivity contribution is -0.119. The standard InChI is InChI=1S/C18H18ClN3O/c1-12(20-13(2)23)18-21-16-9-5-6-10-17(16)22(18)11-14-7-3-4-8-15(14)19/h3-10,12H,11H2,1-2H3,(H,20,23)/t12-/m0/s1. The highest BCUT2D eigenvalue weighted by atomic mass is 35.5. The largest absolute Gasteiger partial charge is 0.347 e. The lowest BCUT2D eigenvalue weighted by atomic mass is 10.2. The molecule has 0 bridgehead atoms. The normalized spacial score (nSPS) is 12.3. The molecule has 0 saturated carbocycles. The van der Waals surface area contributed by atoms with Gasteiger partial charge in [-0.05, 0) is 30.7 Å². The summed E-state index contributed by atoms with van der Waals surface area (Å²) in [5.41, 5.74) is 2.96. The van der Waals surface area contributed by atoms with Crippen LogP contribution in [0.25, 0.3) is 11.0 Å². The number of imidazole rings is 1. The molecule has 0 unspecified atom stereocenters. The first-order valence-corrected chi connectivity index (χ1v) is 7.89. The molecule has 0 radical (unpaired) electrons. The van der Waals surface area contributed by atoms with E-state index in [-0.39, 0.29) is 11.9 Å². The van der Waals surface area contributed by atoms with E-state index in [4.69, 9.17) is 16.6 Å². The van der Waals surface area contributed by atoms with E-state index in [0.717, 1.165) is 27.4 Å². The first-order valence-electron chi connectivity index (χ1n) is 7.52. The first kappa shape index (κ1) is 15.6. The van der Waals surface area contributed by atoms with Crippen LogP contribution in [0, 0.1) is 0 Å². The van der Waals surface area contributed by atoms with Crippen LogP contribution in [0.5, 0.6) is 0 Å². The number of fused-ring (bicyclic) bond motifs is 1. The number of carbonyl (C=O) groups is 1. The van der Waals surface area contributed by atoms with Crippen molar-refractivity contribution in [3.8, 4) is 0 Å². The molecular weight excluding hydrogens is 310 g/mol. The van der Waals surface area contributed by atoms with Gasteiger partial charge in [0, 0.05) is 11.9 Å². The molecule has 118 valence electrons. The van der Waals surface area contributed by atoms with Crippen LogP contribution in [0.3, 0.4) is 0 Å². The zero-order valence-electron chi connectivity index (χ0n) is 13.1. The van der Waals surface area contributed by atoms with Crippen molar-refractivity contribution in [2.24, 2.45) is 0 Å². The number of rotatable bonds is 4. The maximum absolute atomic E-state index is 11.4. The van der Waals surface area contributed by atoms with Gasteiger partial charge in [0.1, 0.15) is 5.82 Å². The third kappa shape index (κ3) is 3.22. The first-order chi connectivity index (χ1) is 11.1. The lowest BCUT2D eigenvalue weighted by Crippen LogP contribution is -2.26. The monoisotopic (exact) mass is 327 g/mol. The van der Waals surface area contributed by atoms with Crippen molar-refractivity contribution < 1.29 is 4.79 Å². The van der Waals surface area contributed by atoms with Crippen LogP contribution in [0.4, 0.5) is 0 Å². The topological polar surface area (TPSA) is 46.9 Å². The van der Waals surface area contributed by atoms with Crippen LogP contribution < -0.4 is 5.32 Å². The molecule has 1 atom stereocenters. The molecule has 0 aliphatic heterocycles. The van der Waals surface area contributed by atoms with E-state index in [0.29, 0.717) is 6.54 Å². The van der Waals surface area contributed by atoms with Gasteiger partial charge in [0.25, 0.3) is 0 Å². The van der Waals surface area contributed by atoms with E-state index in [9.17, 15) is 4.79 Å². The molecule has 4 nitrogen and oxygen atoms in total. The molecule has 3 aromatic rings. The number of carbonyl (C=O) groups excluding carboxylic acids is 1. The molecule has 0 fully saturated rings.